The lowest BCUT2D eigenvalue weighted by molar-refractivity contribution is 0.552. The topological polar surface area (TPSA) is 82.8 Å². The van der Waals surface area contributed by atoms with Crippen molar-refractivity contribution in [3.63, 3.8) is 0 Å². The molecule has 19 heavy (non-hydrogen) atoms. The summed E-state index contributed by atoms with van der Waals surface area (Å²) in [5.41, 5.74) is 10.1. The standard InChI is InChI=1S/C13H9N5O/c14-13-15-5-11-12(17-13)18(7-16-11)10-3-8-1-2-19-6-9(8)4-10/h1-7H,(H2,14,15,17). The van der Waals surface area contributed by atoms with Gasteiger partial charge in [-0.05, 0) is 23.8 Å². The van der Waals surface area contributed by atoms with Crippen LogP contribution in [0.15, 0.2) is 47.7 Å². The van der Waals surface area contributed by atoms with Gasteiger partial charge in [0.05, 0.1) is 18.7 Å². The van der Waals surface area contributed by atoms with E-state index in [1.54, 1.807) is 25.1 Å². The van der Waals surface area contributed by atoms with Crippen LogP contribution >= 0.6 is 0 Å². The van der Waals surface area contributed by atoms with E-state index in [1.807, 2.05) is 22.8 Å². The second-order valence-electron chi connectivity index (χ2n) is 4.23. The van der Waals surface area contributed by atoms with Crippen molar-refractivity contribution in [1.82, 2.24) is 19.5 Å². The zero-order chi connectivity index (χ0) is 12.8. The fourth-order valence-corrected chi connectivity index (χ4v) is 2.15. The molecule has 0 unspecified atom stereocenters. The van der Waals surface area contributed by atoms with Crippen LogP contribution in [0.3, 0.4) is 0 Å². The van der Waals surface area contributed by atoms with Crippen LogP contribution in [-0.4, -0.2) is 19.5 Å². The van der Waals surface area contributed by atoms with Gasteiger partial charge in [0.15, 0.2) is 5.65 Å². The van der Waals surface area contributed by atoms with Crippen molar-refractivity contribution in [3.8, 4) is 16.8 Å². The summed E-state index contributed by atoms with van der Waals surface area (Å²) in [5.74, 6) is 0.236. The number of aromatic nitrogens is 4. The van der Waals surface area contributed by atoms with Crippen LogP contribution in [0, 0.1) is 0 Å². The molecule has 2 aromatic heterocycles. The molecule has 2 N–H and O–H groups in total. The molecule has 4 rings (SSSR count). The summed E-state index contributed by atoms with van der Waals surface area (Å²) < 4.78 is 7.04. The predicted octanol–water partition coefficient (Wildman–Crippen LogP) is 2.10. The van der Waals surface area contributed by atoms with Crippen molar-refractivity contribution in [1.29, 1.82) is 0 Å². The maximum atomic E-state index is 5.63. The Hall–Kier alpha value is -2.89. The Labute approximate surface area is 107 Å². The molecular weight excluding hydrogens is 242 g/mol. The zero-order valence-electron chi connectivity index (χ0n) is 9.82. The summed E-state index contributed by atoms with van der Waals surface area (Å²) >= 11 is 0. The Morgan fingerprint density at radius 3 is 2.95 bits per heavy atom. The molecule has 0 spiro atoms. The molecule has 0 aromatic carbocycles. The van der Waals surface area contributed by atoms with Gasteiger partial charge in [-0.2, -0.15) is 4.98 Å². The Kier molecular flexibility index (Phi) is 1.88. The fourth-order valence-electron chi connectivity index (χ4n) is 2.15. The van der Waals surface area contributed by atoms with E-state index >= 15 is 0 Å². The number of nitrogen functional groups attached to an aromatic ring is 1. The smallest absolute Gasteiger partial charge is 0.222 e. The minimum Gasteiger partial charge on any atom is -0.472 e. The molecule has 0 fully saturated rings. The van der Waals surface area contributed by atoms with E-state index in [0.29, 0.717) is 11.2 Å². The summed E-state index contributed by atoms with van der Waals surface area (Å²) in [4.78, 5) is 12.4. The van der Waals surface area contributed by atoms with Gasteiger partial charge in [0, 0.05) is 11.3 Å². The summed E-state index contributed by atoms with van der Waals surface area (Å²) in [6.45, 7) is 0. The van der Waals surface area contributed by atoms with Crippen LogP contribution in [0.5, 0.6) is 0 Å². The van der Waals surface area contributed by atoms with Crippen molar-refractivity contribution in [2.75, 3.05) is 5.73 Å². The van der Waals surface area contributed by atoms with E-state index in [2.05, 4.69) is 15.0 Å². The molecule has 92 valence electrons. The summed E-state index contributed by atoms with van der Waals surface area (Å²) in [6.07, 6.45) is 6.69. The number of fused-ring (bicyclic) bond motifs is 2. The van der Waals surface area contributed by atoms with Gasteiger partial charge < -0.3 is 10.2 Å². The van der Waals surface area contributed by atoms with E-state index in [1.165, 1.54) is 0 Å². The lowest BCUT2D eigenvalue weighted by Crippen LogP contribution is -1.97. The molecule has 0 radical (unpaired) electrons. The van der Waals surface area contributed by atoms with Gasteiger partial charge in [0.25, 0.3) is 0 Å². The van der Waals surface area contributed by atoms with Gasteiger partial charge in [-0.3, -0.25) is 4.57 Å². The van der Waals surface area contributed by atoms with Gasteiger partial charge in [-0.1, -0.05) is 0 Å². The molecule has 0 saturated carbocycles. The molecule has 0 bridgehead atoms. The minimum atomic E-state index is 0.236. The normalized spacial score (nSPS) is 11.4. The Bertz CT molecular complexity index is 817. The number of hydrogen-bond acceptors (Lipinski definition) is 5. The highest BCUT2D eigenvalue weighted by molar-refractivity contribution is 5.77. The molecule has 0 atom stereocenters. The summed E-state index contributed by atoms with van der Waals surface area (Å²) in [6, 6.07) is 5.98. The Balaban J connectivity index is 1.99. The predicted molar refractivity (Wildman–Crippen MR) is 70.0 cm³/mol. The van der Waals surface area contributed by atoms with Crippen molar-refractivity contribution in [3.05, 3.63) is 43.2 Å². The maximum absolute atomic E-state index is 5.63. The van der Waals surface area contributed by atoms with E-state index < -0.39 is 0 Å². The molecule has 3 heterocycles. The van der Waals surface area contributed by atoms with Crippen LogP contribution in [0.4, 0.5) is 5.95 Å². The quantitative estimate of drug-likeness (QED) is 0.560. The first-order valence-corrected chi connectivity index (χ1v) is 5.73. The Morgan fingerprint density at radius 1 is 1.16 bits per heavy atom. The third kappa shape index (κ3) is 1.46. The SMILES string of the molecule is Nc1ncc2ncn(-c3cc4ccocc-4c3)c2n1. The van der Waals surface area contributed by atoms with Gasteiger partial charge in [0.1, 0.15) is 11.8 Å². The monoisotopic (exact) mass is 251 g/mol. The first-order chi connectivity index (χ1) is 9.31. The number of anilines is 1. The molecule has 0 saturated heterocycles. The fraction of sp³-hybridized carbons (Fsp3) is 0. The molecule has 6 nitrogen and oxygen atoms in total. The molecule has 2 aliphatic rings. The minimum absolute atomic E-state index is 0.236. The van der Waals surface area contributed by atoms with Crippen molar-refractivity contribution >= 4 is 17.1 Å². The summed E-state index contributed by atoms with van der Waals surface area (Å²) in [7, 11) is 0. The molecule has 6 heteroatoms. The van der Waals surface area contributed by atoms with Gasteiger partial charge >= 0.3 is 0 Å². The zero-order valence-corrected chi connectivity index (χ0v) is 9.82. The van der Waals surface area contributed by atoms with Crippen molar-refractivity contribution in [2.45, 2.75) is 0 Å². The van der Waals surface area contributed by atoms with Gasteiger partial charge in [0.2, 0.25) is 5.95 Å². The summed E-state index contributed by atoms with van der Waals surface area (Å²) in [5, 5.41) is 0. The molecule has 1 aliphatic carbocycles. The van der Waals surface area contributed by atoms with Crippen molar-refractivity contribution < 1.29 is 4.42 Å². The number of hydrogen-bond donors (Lipinski definition) is 1. The van der Waals surface area contributed by atoms with Crippen LogP contribution in [0.2, 0.25) is 0 Å². The Morgan fingerprint density at radius 2 is 2.05 bits per heavy atom. The largest absolute Gasteiger partial charge is 0.472 e. The highest BCUT2D eigenvalue weighted by atomic mass is 16.3. The van der Waals surface area contributed by atoms with Crippen molar-refractivity contribution in [2.24, 2.45) is 0 Å². The maximum Gasteiger partial charge on any atom is 0.222 e. The number of rotatable bonds is 1. The second kappa shape index (κ2) is 3.55. The molecule has 0 amide bonds. The molecule has 2 aromatic rings. The van der Waals surface area contributed by atoms with E-state index in [4.69, 9.17) is 10.2 Å². The second-order valence-corrected chi connectivity index (χ2v) is 4.23. The highest BCUT2D eigenvalue weighted by Crippen LogP contribution is 2.29. The van der Waals surface area contributed by atoms with Crippen LogP contribution in [0.1, 0.15) is 0 Å². The van der Waals surface area contributed by atoms with Crippen LogP contribution in [0.25, 0.3) is 28.0 Å². The number of nitrogens with zero attached hydrogens (tertiary/aromatic N) is 4. The lowest BCUT2D eigenvalue weighted by Gasteiger charge is -1.99. The van der Waals surface area contributed by atoms with Crippen LogP contribution in [-0.2, 0) is 0 Å². The van der Waals surface area contributed by atoms with Gasteiger partial charge in [-0.25, -0.2) is 9.97 Å². The third-order valence-corrected chi connectivity index (χ3v) is 3.05. The first-order valence-electron chi connectivity index (χ1n) is 5.73. The first kappa shape index (κ1) is 10.1. The average molecular weight is 251 g/mol. The number of nitrogens with two attached hydrogens (primary N) is 1. The lowest BCUT2D eigenvalue weighted by atomic mass is 10.2. The van der Waals surface area contributed by atoms with E-state index in [0.717, 1.165) is 16.8 Å². The van der Waals surface area contributed by atoms with Gasteiger partial charge in [-0.15, -0.1) is 0 Å². The highest BCUT2D eigenvalue weighted by Gasteiger charge is 2.12. The molecular formula is C13H9N5O. The average Bonchev–Trinajstić information content (AvgIpc) is 3.00. The van der Waals surface area contributed by atoms with E-state index in [9.17, 15) is 0 Å². The van der Waals surface area contributed by atoms with Crippen LogP contribution < -0.4 is 5.73 Å². The third-order valence-electron chi connectivity index (χ3n) is 3.05. The number of imidazole rings is 1. The molecule has 1 aliphatic heterocycles. The van der Waals surface area contributed by atoms with E-state index in [-0.39, 0.29) is 5.95 Å².